The summed E-state index contributed by atoms with van der Waals surface area (Å²) in [5, 5.41) is 3.68. The SMILES string of the molecule is Cc1c(Cl)ccc(N)c1NCC(C)(C)S(C)(=O)=O. The summed E-state index contributed by atoms with van der Waals surface area (Å²) in [6.45, 7) is 5.46. The Hall–Kier alpha value is -0.940. The third-order valence-electron chi connectivity index (χ3n) is 3.13. The second kappa shape index (κ2) is 4.97. The molecule has 0 fully saturated rings. The number of rotatable bonds is 4. The molecule has 1 rings (SSSR count). The molecule has 0 bridgehead atoms. The minimum Gasteiger partial charge on any atom is -0.397 e. The normalized spacial score (nSPS) is 12.5. The molecule has 0 aliphatic carbocycles. The molecule has 0 atom stereocenters. The highest BCUT2D eigenvalue weighted by Crippen LogP contribution is 2.30. The van der Waals surface area contributed by atoms with Gasteiger partial charge in [-0.1, -0.05) is 11.6 Å². The maximum atomic E-state index is 11.6. The lowest BCUT2D eigenvalue weighted by Crippen LogP contribution is -2.38. The van der Waals surface area contributed by atoms with Crippen LogP contribution in [0.1, 0.15) is 19.4 Å². The van der Waals surface area contributed by atoms with E-state index >= 15 is 0 Å². The lowest BCUT2D eigenvalue weighted by atomic mass is 10.1. The zero-order valence-corrected chi connectivity index (χ0v) is 12.6. The highest BCUT2D eigenvalue weighted by atomic mass is 35.5. The molecule has 0 aromatic heterocycles. The molecule has 0 aliphatic rings. The molecule has 102 valence electrons. The van der Waals surface area contributed by atoms with Crippen molar-refractivity contribution in [1.29, 1.82) is 0 Å². The van der Waals surface area contributed by atoms with Crippen LogP contribution in [0.2, 0.25) is 5.02 Å². The van der Waals surface area contributed by atoms with E-state index in [-0.39, 0.29) is 6.54 Å². The Morgan fingerprint density at radius 1 is 1.39 bits per heavy atom. The van der Waals surface area contributed by atoms with Crippen molar-refractivity contribution in [2.45, 2.75) is 25.5 Å². The Morgan fingerprint density at radius 2 is 1.94 bits per heavy atom. The van der Waals surface area contributed by atoms with E-state index in [1.165, 1.54) is 6.26 Å². The zero-order chi connectivity index (χ0) is 14.1. The Kier molecular flexibility index (Phi) is 4.18. The van der Waals surface area contributed by atoms with Crippen molar-refractivity contribution in [2.24, 2.45) is 0 Å². The molecular formula is C12H19ClN2O2S. The Bertz CT molecular complexity index is 553. The molecule has 4 nitrogen and oxygen atoms in total. The van der Waals surface area contributed by atoms with Crippen LogP contribution in [-0.4, -0.2) is 26.0 Å². The van der Waals surface area contributed by atoms with Crippen molar-refractivity contribution < 1.29 is 8.42 Å². The van der Waals surface area contributed by atoms with Gasteiger partial charge in [0.05, 0.1) is 16.1 Å². The molecule has 0 saturated carbocycles. The number of halogens is 1. The van der Waals surface area contributed by atoms with Crippen molar-refractivity contribution in [3.05, 3.63) is 22.7 Å². The molecule has 0 amide bonds. The van der Waals surface area contributed by atoms with E-state index in [1.54, 1.807) is 26.0 Å². The molecule has 0 spiro atoms. The molecular weight excluding hydrogens is 272 g/mol. The van der Waals surface area contributed by atoms with E-state index in [9.17, 15) is 8.42 Å². The van der Waals surface area contributed by atoms with Crippen LogP contribution < -0.4 is 11.1 Å². The molecule has 6 heteroatoms. The first kappa shape index (κ1) is 15.1. The number of nitrogens with one attached hydrogen (secondary N) is 1. The van der Waals surface area contributed by atoms with Crippen LogP contribution >= 0.6 is 11.6 Å². The average Bonchev–Trinajstić information content (AvgIpc) is 2.22. The first-order valence-corrected chi connectivity index (χ1v) is 7.81. The maximum absolute atomic E-state index is 11.6. The number of hydrogen-bond acceptors (Lipinski definition) is 4. The molecule has 0 saturated heterocycles. The van der Waals surface area contributed by atoms with Crippen molar-refractivity contribution in [3.8, 4) is 0 Å². The fourth-order valence-corrected chi connectivity index (χ4v) is 1.87. The standard InChI is InChI=1S/C12H19ClN2O2S/c1-8-9(13)5-6-10(14)11(8)15-7-12(2,3)18(4,16)17/h5-6,15H,7,14H2,1-4H3. The first-order valence-electron chi connectivity index (χ1n) is 5.54. The minimum atomic E-state index is -3.14. The largest absolute Gasteiger partial charge is 0.397 e. The number of nitrogen functional groups attached to an aromatic ring is 1. The van der Waals surface area contributed by atoms with Crippen molar-refractivity contribution in [3.63, 3.8) is 0 Å². The summed E-state index contributed by atoms with van der Waals surface area (Å²) in [6.07, 6.45) is 1.23. The summed E-state index contributed by atoms with van der Waals surface area (Å²) in [6, 6.07) is 3.42. The van der Waals surface area contributed by atoms with Gasteiger partial charge in [-0.05, 0) is 38.5 Å². The van der Waals surface area contributed by atoms with E-state index in [0.717, 1.165) is 5.56 Å². The predicted octanol–water partition coefficient (Wildman–Crippen LogP) is 2.47. The second-order valence-corrected chi connectivity index (χ2v) is 8.08. The van der Waals surface area contributed by atoms with Crippen molar-refractivity contribution in [1.82, 2.24) is 0 Å². The Morgan fingerprint density at radius 3 is 2.44 bits per heavy atom. The summed E-state index contributed by atoms with van der Waals surface area (Å²) < 4.78 is 22.4. The molecule has 1 aromatic rings. The van der Waals surface area contributed by atoms with Gasteiger partial charge in [-0.15, -0.1) is 0 Å². The summed E-state index contributed by atoms with van der Waals surface area (Å²) in [5.41, 5.74) is 7.93. The number of nitrogens with two attached hydrogens (primary N) is 1. The van der Waals surface area contributed by atoms with Crippen LogP contribution in [-0.2, 0) is 9.84 Å². The van der Waals surface area contributed by atoms with Crippen LogP contribution in [0.5, 0.6) is 0 Å². The zero-order valence-electron chi connectivity index (χ0n) is 11.0. The van der Waals surface area contributed by atoms with Gasteiger partial charge in [0.1, 0.15) is 0 Å². The monoisotopic (exact) mass is 290 g/mol. The first-order chi connectivity index (χ1) is 8.06. The van der Waals surface area contributed by atoms with E-state index in [0.29, 0.717) is 16.4 Å². The highest BCUT2D eigenvalue weighted by molar-refractivity contribution is 7.92. The van der Waals surface area contributed by atoms with E-state index < -0.39 is 14.6 Å². The lowest BCUT2D eigenvalue weighted by Gasteiger charge is -2.24. The Labute approximate surface area is 113 Å². The summed E-state index contributed by atoms with van der Waals surface area (Å²) in [5.74, 6) is 0. The van der Waals surface area contributed by atoms with Crippen molar-refractivity contribution in [2.75, 3.05) is 23.9 Å². The number of hydrogen-bond donors (Lipinski definition) is 2. The molecule has 18 heavy (non-hydrogen) atoms. The van der Waals surface area contributed by atoms with Gasteiger partial charge in [-0.2, -0.15) is 0 Å². The van der Waals surface area contributed by atoms with Crippen LogP contribution in [0, 0.1) is 6.92 Å². The molecule has 0 heterocycles. The van der Waals surface area contributed by atoms with Gasteiger partial charge in [0.15, 0.2) is 9.84 Å². The molecule has 0 radical (unpaired) electrons. The quantitative estimate of drug-likeness (QED) is 0.836. The van der Waals surface area contributed by atoms with E-state index in [4.69, 9.17) is 17.3 Å². The summed E-state index contributed by atoms with van der Waals surface area (Å²) >= 11 is 6.01. The van der Waals surface area contributed by atoms with Crippen LogP contribution in [0.15, 0.2) is 12.1 Å². The highest BCUT2D eigenvalue weighted by Gasteiger charge is 2.30. The smallest absolute Gasteiger partial charge is 0.154 e. The number of anilines is 2. The minimum absolute atomic E-state index is 0.275. The number of benzene rings is 1. The molecule has 0 unspecified atom stereocenters. The van der Waals surface area contributed by atoms with Gasteiger partial charge in [0, 0.05) is 17.8 Å². The van der Waals surface area contributed by atoms with Gasteiger partial charge in [-0.3, -0.25) is 0 Å². The van der Waals surface area contributed by atoms with Gasteiger partial charge in [0.2, 0.25) is 0 Å². The fraction of sp³-hybridized carbons (Fsp3) is 0.500. The summed E-state index contributed by atoms with van der Waals surface area (Å²) in [4.78, 5) is 0. The third kappa shape index (κ3) is 3.09. The molecule has 3 N–H and O–H groups in total. The predicted molar refractivity (Wildman–Crippen MR) is 78.0 cm³/mol. The number of sulfone groups is 1. The van der Waals surface area contributed by atoms with Gasteiger partial charge in [-0.25, -0.2) is 8.42 Å². The lowest BCUT2D eigenvalue weighted by molar-refractivity contribution is 0.560. The van der Waals surface area contributed by atoms with E-state index in [2.05, 4.69) is 5.32 Å². The molecule has 1 aromatic carbocycles. The average molecular weight is 291 g/mol. The van der Waals surface area contributed by atoms with Gasteiger partial charge < -0.3 is 11.1 Å². The van der Waals surface area contributed by atoms with E-state index in [1.807, 2.05) is 6.92 Å². The Balaban J connectivity index is 2.98. The van der Waals surface area contributed by atoms with Crippen LogP contribution in [0.3, 0.4) is 0 Å². The second-order valence-electron chi connectivity index (χ2n) is 5.02. The maximum Gasteiger partial charge on any atom is 0.154 e. The van der Waals surface area contributed by atoms with Crippen LogP contribution in [0.25, 0.3) is 0 Å². The topological polar surface area (TPSA) is 72.2 Å². The molecule has 0 aliphatic heterocycles. The summed E-state index contributed by atoms with van der Waals surface area (Å²) in [7, 11) is -3.14. The van der Waals surface area contributed by atoms with Crippen molar-refractivity contribution >= 4 is 32.8 Å². The van der Waals surface area contributed by atoms with Gasteiger partial charge in [0.25, 0.3) is 0 Å². The van der Waals surface area contributed by atoms with Crippen LogP contribution in [0.4, 0.5) is 11.4 Å². The third-order valence-corrected chi connectivity index (χ3v) is 5.69. The fourth-order valence-electron chi connectivity index (χ4n) is 1.37. The van der Waals surface area contributed by atoms with Gasteiger partial charge >= 0.3 is 0 Å².